The summed E-state index contributed by atoms with van der Waals surface area (Å²) in [4.78, 5) is 15.0. The number of carbonyl (C=O) groups excluding carboxylic acids is 1. The number of hydrogen-bond donors (Lipinski definition) is 0. The van der Waals surface area contributed by atoms with Crippen molar-refractivity contribution >= 4 is 6.09 Å². The van der Waals surface area contributed by atoms with Crippen molar-refractivity contribution in [3.8, 4) is 0 Å². The first-order valence-electron chi connectivity index (χ1n) is 18.9. The molecule has 0 aliphatic rings. The summed E-state index contributed by atoms with van der Waals surface area (Å²) in [6.07, 6.45) is -3.20. The Hall–Kier alpha value is -4.83. The second kappa shape index (κ2) is 21.9. The molecule has 0 bridgehead atoms. The molecule has 0 fully saturated rings. The van der Waals surface area contributed by atoms with Gasteiger partial charge in [0.1, 0.15) is 30.0 Å². The molecule has 0 heterocycles. The van der Waals surface area contributed by atoms with Crippen LogP contribution in [0, 0.1) is 0 Å². The van der Waals surface area contributed by atoms with Gasteiger partial charge < -0.3 is 33.3 Å². The highest BCUT2D eigenvalue weighted by molar-refractivity contribution is 5.67. The zero-order chi connectivity index (χ0) is 38.7. The lowest BCUT2D eigenvalue weighted by Crippen LogP contribution is -2.54. The van der Waals surface area contributed by atoms with E-state index in [4.69, 9.17) is 28.4 Å². The summed E-state index contributed by atoms with van der Waals surface area (Å²) in [6.45, 7) is 7.48. The first-order chi connectivity index (χ1) is 26.7. The van der Waals surface area contributed by atoms with Gasteiger partial charge in [-0.25, -0.2) is 4.79 Å². The smallest absolute Gasteiger partial charge is 0.410 e. The van der Waals surface area contributed by atoms with Crippen LogP contribution in [0.25, 0.3) is 0 Å². The summed E-state index contributed by atoms with van der Waals surface area (Å²) < 4.78 is 39.7. The van der Waals surface area contributed by atoms with Crippen molar-refractivity contribution in [1.29, 1.82) is 0 Å². The average Bonchev–Trinajstić information content (AvgIpc) is 3.20. The number of amides is 1. The fourth-order valence-corrected chi connectivity index (χ4v) is 5.96. The molecule has 0 aliphatic heterocycles. The van der Waals surface area contributed by atoms with Crippen LogP contribution in [-0.2, 0) is 61.5 Å². The minimum atomic E-state index is -0.737. The van der Waals surface area contributed by atoms with Crippen molar-refractivity contribution in [2.45, 2.75) is 83.8 Å². The van der Waals surface area contributed by atoms with E-state index in [0.717, 1.165) is 27.8 Å². The van der Waals surface area contributed by atoms with Crippen LogP contribution in [0.5, 0.6) is 0 Å². The van der Waals surface area contributed by atoms with Crippen LogP contribution in [0.15, 0.2) is 152 Å². The van der Waals surface area contributed by atoms with Crippen LogP contribution in [0.3, 0.4) is 0 Å². The molecule has 0 radical (unpaired) electrons. The molecule has 1 amide bonds. The summed E-state index contributed by atoms with van der Waals surface area (Å²) in [5.74, 6) is 0. The van der Waals surface area contributed by atoms with Gasteiger partial charge in [0, 0.05) is 7.05 Å². The standard InChI is InChI=1S/C47H55NO7/c1-47(2,3)55-46(49)48(4)30-42(51-32-38-22-12-6-13-23-38)44(53-34-40-26-16-8-17-27-40)45(54-35-41-28-18-9-19-29-41)43(52-33-39-24-14-7-15-25-39)36-50-31-37-20-10-5-11-21-37/h5-29,42-45H,30-36H2,1-4H3/t42-,43+,44+,45+/m0/s1. The fourth-order valence-electron chi connectivity index (χ4n) is 5.96. The Balaban J connectivity index is 1.54. The summed E-state index contributed by atoms with van der Waals surface area (Å²) in [7, 11) is 1.72. The molecule has 0 N–H and O–H groups in total. The second-order valence-corrected chi connectivity index (χ2v) is 14.6. The zero-order valence-corrected chi connectivity index (χ0v) is 32.5. The number of likely N-dealkylation sites (N-methyl/N-ethyl adjacent to an activating group) is 1. The Morgan fingerprint density at radius 3 is 1.20 bits per heavy atom. The Morgan fingerprint density at radius 1 is 0.491 bits per heavy atom. The van der Waals surface area contributed by atoms with Gasteiger partial charge >= 0.3 is 6.09 Å². The zero-order valence-electron chi connectivity index (χ0n) is 32.5. The summed E-state index contributed by atoms with van der Waals surface area (Å²) in [5, 5.41) is 0. The minimum absolute atomic E-state index is 0.155. The van der Waals surface area contributed by atoms with Crippen molar-refractivity contribution in [1.82, 2.24) is 4.90 Å². The number of carbonyl (C=O) groups is 1. The van der Waals surface area contributed by atoms with Gasteiger partial charge in [0.15, 0.2) is 0 Å². The van der Waals surface area contributed by atoms with Crippen LogP contribution in [0.1, 0.15) is 48.6 Å². The van der Waals surface area contributed by atoms with Crippen LogP contribution in [-0.4, -0.2) is 61.2 Å². The van der Waals surface area contributed by atoms with Gasteiger partial charge in [-0.3, -0.25) is 0 Å². The van der Waals surface area contributed by atoms with Crippen LogP contribution < -0.4 is 0 Å². The Kier molecular flexibility index (Phi) is 16.5. The Labute approximate surface area is 326 Å². The molecule has 4 atom stereocenters. The predicted octanol–water partition coefficient (Wildman–Crippen LogP) is 9.41. The predicted molar refractivity (Wildman–Crippen MR) is 215 cm³/mol. The maximum Gasteiger partial charge on any atom is 0.410 e. The lowest BCUT2D eigenvalue weighted by molar-refractivity contribution is -0.201. The van der Waals surface area contributed by atoms with Gasteiger partial charge in [-0.2, -0.15) is 0 Å². The van der Waals surface area contributed by atoms with Crippen LogP contribution >= 0.6 is 0 Å². The molecular formula is C47H55NO7. The average molecular weight is 746 g/mol. The Morgan fingerprint density at radius 2 is 0.818 bits per heavy atom. The van der Waals surface area contributed by atoms with E-state index < -0.39 is 36.1 Å². The third-order valence-corrected chi connectivity index (χ3v) is 8.79. The number of benzene rings is 5. The SMILES string of the molecule is CN(C[C@H](OCc1ccccc1)[C@@H](OCc1ccccc1)[C@H](OCc1ccccc1)[C@@H](COCc1ccccc1)OCc1ccccc1)C(=O)OC(C)(C)C. The molecule has 5 rings (SSSR count). The van der Waals surface area contributed by atoms with Gasteiger partial charge in [-0.1, -0.05) is 152 Å². The second-order valence-electron chi connectivity index (χ2n) is 14.6. The first-order valence-corrected chi connectivity index (χ1v) is 18.9. The maximum atomic E-state index is 13.5. The fraction of sp³-hybridized carbons (Fsp3) is 0.340. The monoisotopic (exact) mass is 745 g/mol. The molecule has 5 aromatic rings. The normalized spacial score (nSPS) is 13.7. The molecule has 8 nitrogen and oxygen atoms in total. The molecule has 0 saturated heterocycles. The first kappa shape index (κ1) is 41.3. The lowest BCUT2D eigenvalue weighted by Gasteiger charge is -2.39. The highest BCUT2D eigenvalue weighted by atomic mass is 16.6. The third-order valence-electron chi connectivity index (χ3n) is 8.79. The van der Waals surface area contributed by atoms with E-state index >= 15 is 0 Å². The van der Waals surface area contributed by atoms with E-state index in [1.54, 1.807) is 11.9 Å². The highest BCUT2D eigenvalue weighted by Crippen LogP contribution is 2.25. The molecule has 0 unspecified atom stereocenters. The van der Waals surface area contributed by atoms with Gasteiger partial charge in [0.05, 0.1) is 46.2 Å². The van der Waals surface area contributed by atoms with Crippen molar-refractivity contribution in [3.63, 3.8) is 0 Å². The van der Waals surface area contributed by atoms with Crippen LogP contribution in [0.4, 0.5) is 4.79 Å². The highest BCUT2D eigenvalue weighted by Gasteiger charge is 2.40. The molecule has 290 valence electrons. The van der Waals surface area contributed by atoms with E-state index in [1.807, 2.05) is 172 Å². The van der Waals surface area contributed by atoms with E-state index in [-0.39, 0.29) is 33.0 Å². The molecule has 0 aliphatic carbocycles. The van der Waals surface area contributed by atoms with E-state index in [0.29, 0.717) is 13.2 Å². The lowest BCUT2D eigenvalue weighted by atomic mass is 10.0. The molecule has 8 heteroatoms. The minimum Gasteiger partial charge on any atom is -0.444 e. The molecule has 0 aromatic heterocycles. The number of nitrogens with zero attached hydrogens (tertiary/aromatic N) is 1. The summed E-state index contributed by atoms with van der Waals surface area (Å²) in [5.41, 5.74) is 4.35. The number of hydrogen-bond acceptors (Lipinski definition) is 7. The topological polar surface area (TPSA) is 75.7 Å². The molecule has 5 aromatic carbocycles. The van der Waals surface area contributed by atoms with Crippen molar-refractivity contribution < 1.29 is 33.2 Å². The van der Waals surface area contributed by atoms with Crippen LogP contribution in [0.2, 0.25) is 0 Å². The number of rotatable bonds is 21. The quantitative estimate of drug-likeness (QED) is 0.0741. The van der Waals surface area contributed by atoms with Crippen molar-refractivity contribution in [2.24, 2.45) is 0 Å². The largest absolute Gasteiger partial charge is 0.444 e. The molecule has 0 spiro atoms. The maximum absolute atomic E-state index is 13.5. The molecule has 55 heavy (non-hydrogen) atoms. The number of ether oxygens (including phenoxy) is 6. The van der Waals surface area contributed by atoms with Gasteiger partial charge in [-0.15, -0.1) is 0 Å². The van der Waals surface area contributed by atoms with Crippen molar-refractivity contribution in [2.75, 3.05) is 20.2 Å². The molecule has 0 saturated carbocycles. The summed E-state index contributed by atoms with van der Waals surface area (Å²) in [6, 6.07) is 50.1. The van der Waals surface area contributed by atoms with E-state index in [9.17, 15) is 4.79 Å². The van der Waals surface area contributed by atoms with E-state index in [1.165, 1.54) is 0 Å². The van der Waals surface area contributed by atoms with Gasteiger partial charge in [0.25, 0.3) is 0 Å². The molecular weight excluding hydrogens is 691 g/mol. The van der Waals surface area contributed by atoms with Crippen molar-refractivity contribution in [3.05, 3.63) is 179 Å². The summed E-state index contributed by atoms with van der Waals surface area (Å²) >= 11 is 0. The third kappa shape index (κ3) is 14.7. The Bertz CT molecular complexity index is 1770. The van der Waals surface area contributed by atoms with Gasteiger partial charge in [0.2, 0.25) is 0 Å². The van der Waals surface area contributed by atoms with E-state index in [2.05, 4.69) is 0 Å². The van der Waals surface area contributed by atoms with Gasteiger partial charge in [-0.05, 0) is 48.6 Å².